The number of halogens is 2. The first-order chi connectivity index (χ1) is 10.2. The van der Waals surface area contributed by atoms with Crippen LogP contribution in [0.1, 0.15) is 5.76 Å². The van der Waals surface area contributed by atoms with Gasteiger partial charge in [-0.25, -0.2) is 4.39 Å². The van der Waals surface area contributed by atoms with E-state index in [2.05, 4.69) is 5.16 Å². The maximum atomic E-state index is 13.0. The molecule has 3 rings (SSSR count). The number of nitrogens with zero attached hydrogens (tertiary/aromatic N) is 1. The summed E-state index contributed by atoms with van der Waals surface area (Å²) in [5, 5.41) is 4.64. The largest absolute Gasteiger partial charge is 0.485 e. The molecule has 0 saturated carbocycles. The summed E-state index contributed by atoms with van der Waals surface area (Å²) < 4.78 is 23.7. The third-order valence-electron chi connectivity index (χ3n) is 2.88. The Morgan fingerprint density at radius 3 is 2.67 bits per heavy atom. The highest BCUT2D eigenvalue weighted by Gasteiger charge is 2.07. The molecule has 1 aromatic heterocycles. The van der Waals surface area contributed by atoms with Gasteiger partial charge in [-0.2, -0.15) is 0 Å². The van der Waals surface area contributed by atoms with Gasteiger partial charge in [0.25, 0.3) is 0 Å². The zero-order chi connectivity index (χ0) is 14.7. The van der Waals surface area contributed by atoms with Gasteiger partial charge in [-0.1, -0.05) is 35.0 Å². The van der Waals surface area contributed by atoms with Crippen molar-refractivity contribution >= 4 is 11.6 Å². The Bertz CT molecular complexity index is 740. The van der Waals surface area contributed by atoms with E-state index in [1.807, 2.05) is 12.1 Å². The predicted molar refractivity (Wildman–Crippen MR) is 77.7 cm³/mol. The Morgan fingerprint density at radius 2 is 1.90 bits per heavy atom. The number of hydrogen-bond donors (Lipinski definition) is 0. The second-order valence-electron chi connectivity index (χ2n) is 4.43. The molecule has 0 atom stereocenters. The van der Waals surface area contributed by atoms with Crippen LogP contribution in [0.5, 0.6) is 5.75 Å². The van der Waals surface area contributed by atoms with Gasteiger partial charge in [-0.3, -0.25) is 0 Å². The lowest BCUT2D eigenvalue weighted by atomic mass is 10.1. The lowest BCUT2D eigenvalue weighted by Gasteiger charge is -2.02. The summed E-state index contributed by atoms with van der Waals surface area (Å²) in [4.78, 5) is 0. The fourth-order valence-corrected chi connectivity index (χ4v) is 1.97. The molecule has 21 heavy (non-hydrogen) atoms. The van der Waals surface area contributed by atoms with Crippen molar-refractivity contribution in [3.05, 3.63) is 71.2 Å². The summed E-state index contributed by atoms with van der Waals surface area (Å²) in [6.45, 7) is 0.185. The minimum absolute atomic E-state index is 0.185. The van der Waals surface area contributed by atoms with Crippen LogP contribution in [-0.4, -0.2) is 5.16 Å². The summed E-state index contributed by atoms with van der Waals surface area (Å²) in [5.74, 6) is 0.663. The highest BCUT2D eigenvalue weighted by Crippen LogP contribution is 2.22. The first-order valence-electron chi connectivity index (χ1n) is 6.30. The third kappa shape index (κ3) is 3.41. The molecule has 106 valence electrons. The maximum absolute atomic E-state index is 13.0. The normalized spacial score (nSPS) is 10.6. The van der Waals surface area contributed by atoms with Crippen molar-refractivity contribution in [2.24, 2.45) is 0 Å². The molecule has 3 nitrogen and oxygen atoms in total. The lowest BCUT2D eigenvalue weighted by molar-refractivity contribution is 0.249. The highest BCUT2D eigenvalue weighted by atomic mass is 35.5. The van der Waals surface area contributed by atoms with Crippen molar-refractivity contribution < 1.29 is 13.7 Å². The van der Waals surface area contributed by atoms with Crippen molar-refractivity contribution in [1.82, 2.24) is 5.16 Å². The van der Waals surface area contributed by atoms with Crippen LogP contribution in [0, 0.1) is 5.82 Å². The standard InChI is InChI=1S/C16H11ClFNO2/c17-12-6-4-11(5-7-12)16-9-15(21-19-16)10-20-14-3-1-2-13(18)8-14/h1-9H,10H2. The fourth-order valence-electron chi connectivity index (χ4n) is 1.85. The summed E-state index contributed by atoms with van der Waals surface area (Å²) >= 11 is 5.84. The maximum Gasteiger partial charge on any atom is 0.174 e. The van der Waals surface area contributed by atoms with Crippen LogP contribution >= 0.6 is 11.6 Å². The quantitative estimate of drug-likeness (QED) is 0.700. The number of hydrogen-bond acceptors (Lipinski definition) is 3. The van der Waals surface area contributed by atoms with E-state index in [-0.39, 0.29) is 12.4 Å². The highest BCUT2D eigenvalue weighted by molar-refractivity contribution is 6.30. The fraction of sp³-hybridized carbons (Fsp3) is 0.0625. The SMILES string of the molecule is Fc1cccc(OCc2cc(-c3ccc(Cl)cc3)no2)c1. The molecule has 0 aliphatic heterocycles. The molecule has 0 amide bonds. The van der Waals surface area contributed by atoms with E-state index in [1.165, 1.54) is 12.1 Å². The van der Waals surface area contributed by atoms with Gasteiger partial charge in [0.1, 0.15) is 23.9 Å². The molecule has 2 aromatic carbocycles. The predicted octanol–water partition coefficient (Wildman–Crippen LogP) is 4.71. The van der Waals surface area contributed by atoms with Crippen molar-refractivity contribution in [3.63, 3.8) is 0 Å². The molecule has 0 spiro atoms. The summed E-state index contributed by atoms with van der Waals surface area (Å²) in [6, 6.07) is 15.0. The molecule has 5 heteroatoms. The van der Waals surface area contributed by atoms with E-state index >= 15 is 0 Å². The van der Waals surface area contributed by atoms with Gasteiger partial charge < -0.3 is 9.26 Å². The van der Waals surface area contributed by atoms with Gasteiger partial charge in [0, 0.05) is 22.7 Å². The molecule has 3 aromatic rings. The van der Waals surface area contributed by atoms with Crippen molar-refractivity contribution in [1.29, 1.82) is 0 Å². The van der Waals surface area contributed by atoms with E-state index in [4.69, 9.17) is 20.9 Å². The minimum Gasteiger partial charge on any atom is -0.485 e. The zero-order valence-electron chi connectivity index (χ0n) is 10.9. The third-order valence-corrected chi connectivity index (χ3v) is 3.13. The zero-order valence-corrected chi connectivity index (χ0v) is 11.7. The van der Waals surface area contributed by atoms with Crippen molar-refractivity contribution in [2.45, 2.75) is 6.61 Å². The summed E-state index contributed by atoms with van der Waals surface area (Å²) in [6.07, 6.45) is 0. The lowest BCUT2D eigenvalue weighted by Crippen LogP contribution is -1.93. The molecule has 0 N–H and O–H groups in total. The summed E-state index contributed by atoms with van der Waals surface area (Å²) in [7, 11) is 0. The average Bonchev–Trinajstić information content (AvgIpc) is 2.95. The van der Waals surface area contributed by atoms with E-state index in [1.54, 1.807) is 30.3 Å². The Hall–Kier alpha value is -2.33. The van der Waals surface area contributed by atoms with Crippen molar-refractivity contribution in [2.75, 3.05) is 0 Å². The molecule has 0 fully saturated rings. The first-order valence-corrected chi connectivity index (χ1v) is 6.68. The molecule has 0 aliphatic carbocycles. The Balaban J connectivity index is 1.69. The number of benzene rings is 2. The van der Waals surface area contributed by atoms with Gasteiger partial charge in [0.15, 0.2) is 5.76 Å². The first kappa shape index (κ1) is 13.6. The smallest absolute Gasteiger partial charge is 0.174 e. The van der Waals surface area contributed by atoms with Gasteiger partial charge in [0.05, 0.1) is 0 Å². The van der Waals surface area contributed by atoms with Crippen molar-refractivity contribution in [3.8, 4) is 17.0 Å². The van der Waals surface area contributed by atoms with E-state index in [0.29, 0.717) is 22.2 Å². The second-order valence-corrected chi connectivity index (χ2v) is 4.87. The average molecular weight is 304 g/mol. The minimum atomic E-state index is -0.341. The van der Waals surface area contributed by atoms with Crippen LogP contribution in [-0.2, 0) is 6.61 Å². The Labute approximate surface area is 125 Å². The molecule has 0 radical (unpaired) electrons. The molecule has 0 unspecified atom stereocenters. The Morgan fingerprint density at radius 1 is 1.10 bits per heavy atom. The number of ether oxygens (including phenoxy) is 1. The molecule has 0 bridgehead atoms. The van der Waals surface area contributed by atoms with Crippen LogP contribution in [0.3, 0.4) is 0 Å². The van der Waals surface area contributed by atoms with Crippen LogP contribution in [0.2, 0.25) is 5.02 Å². The number of rotatable bonds is 4. The van der Waals surface area contributed by atoms with Gasteiger partial charge in [-0.15, -0.1) is 0 Å². The number of aromatic nitrogens is 1. The van der Waals surface area contributed by atoms with Crippen LogP contribution < -0.4 is 4.74 Å². The Kier molecular flexibility index (Phi) is 3.88. The molecule has 1 heterocycles. The van der Waals surface area contributed by atoms with Crippen LogP contribution in [0.25, 0.3) is 11.3 Å². The second kappa shape index (κ2) is 5.97. The molecular weight excluding hydrogens is 293 g/mol. The van der Waals surface area contributed by atoms with Gasteiger partial charge in [0.2, 0.25) is 0 Å². The topological polar surface area (TPSA) is 35.3 Å². The van der Waals surface area contributed by atoms with E-state index in [0.717, 1.165) is 5.56 Å². The van der Waals surface area contributed by atoms with E-state index < -0.39 is 0 Å². The van der Waals surface area contributed by atoms with Crippen LogP contribution in [0.15, 0.2) is 59.1 Å². The van der Waals surface area contributed by atoms with E-state index in [9.17, 15) is 4.39 Å². The molecule has 0 saturated heterocycles. The summed E-state index contributed by atoms with van der Waals surface area (Å²) in [5.41, 5.74) is 1.60. The molecule has 0 aliphatic rings. The monoisotopic (exact) mass is 303 g/mol. The van der Waals surface area contributed by atoms with Gasteiger partial charge in [-0.05, 0) is 24.3 Å². The molecular formula is C16H11ClFNO2. The van der Waals surface area contributed by atoms with Crippen LogP contribution in [0.4, 0.5) is 4.39 Å². The van der Waals surface area contributed by atoms with Gasteiger partial charge >= 0.3 is 0 Å².